The molecule has 0 aromatic carbocycles. The quantitative estimate of drug-likeness (QED) is 0.797. The van der Waals surface area contributed by atoms with Crippen LogP contribution >= 0.6 is 15.9 Å². The Balaban J connectivity index is 2.14. The highest BCUT2D eigenvalue weighted by atomic mass is 79.9. The van der Waals surface area contributed by atoms with Crippen LogP contribution in [0, 0.1) is 0 Å². The summed E-state index contributed by atoms with van der Waals surface area (Å²) in [5.41, 5.74) is 1.69. The molecule has 0 aliphatic carbocycles. The number of hydrogen-bond acceptors (Lipinski definition) is 3. The maximum absolute atomic E-state index is 4.22. The van der Waals surface area contributed by atoms with E-state index in [9.17, 15) is 0 Å². The van der Waals surface area contributed by atoms with E-state index in [1.165, 1.54) is 0 Å². The fourth-order valence-electron chi connectivity index (χ4n) is 1.26. The average molecular weight is 267 g/mol. The van der Waals surface area contributed by atoms with E-state index in [2.05, 4.69) is 31.2 Å². The van der Waals surface area contributed by atoms with Gasteiger partial charge in [-0.1, -0.05) is 27.2 Å². The van der Waals surface area contributed by atoms with Gasteiger partial charge in [0.05, 0.1) is 11.9 Å². The summed E-state index contributed by atoms with van der Waals surface area (Å²) in [5, 5.41) is 9.09. The van der Waals surface area contributed by atoms with E-state index in [0.29, 0.717) is 0 Å². The van der Waals surface area contributed by atoms with E-state index in [1.807, 2.05) is 29.1 Å². The van der Waals surface area contributed by atoms with Crippen molar-refractivity contribution < 1.29 is 0 Å². The molecule has 0 amide bonds. The van der Waals surface area contributed by atoms with Crippen molar-refractivity contribution in [3.63, 3.8) is 0 Å². The molecule has 0 saturated carbocycles. The van der Waals surface area contributed by atoms with Crippen LogP contribution in [0.25, 0.3) is 11.4 Å². The smallest absolute Gasteiger partial charge is 0.131 e. The lowest BCUT2D eigenvalue weighted by Gasteiger charge is -1.95. The van der Waals surface area contributed by atoms with Crippen LogP contribution in [-0.2, 0) is 6.54 Å². The van der Waals surface area contributed by atoms with Gasteiger partial charge in [0.15, 0.2) is 0 Å². The highest BCUT2D eigenvalue weighted by Gasteiger charge is 2.03. The molecule has 5 heteroatoms. The maximum Gasteiger partial charge on any atom is 0.131 e. The summed E-state index contributed by atoms with van der Waals surface area (Å²) in [4.78, 5) is 4.22. The van der Waals surface area contributed by atoms with Gasteiger partial charge in [0.2, 0.25) is 0 Å². The van der Waals surface area contributed by atoms with Gasteiger partial charge in [-0.25, -0.2) is 0 Å². The summed E-state index contributed by atoms with van der Waals surface area (Å²) >= 11 is 3.38. The summed E-state index contributed by atoms with van der Waals surface area (Å²) in [5.74, 6) is 0. The molecule has 0 fully saturated rings. The Morgan fingerprint density at radius 3 is 2.93 bits per heavy atom. The van der Waals surface area contributed by atoms with Crippen LogP contribution < -0.4 is 0 Å². The topological polar surface area (TPSA) is 43.6 Å². The molecule has 4 nitrogen and oxygen atoms in total. The van der Waals surface area contributed by atoms with Gasteiger partial charge >= 0.3 is 0 Å². The standard InChI is InChI=1S/C10H11BrN4/c11-5-3-7-15-8-10(13-14-15)9-4-1-2-6-12-9/h1-2,4,6,8H,3,5,7H2. The first-order valence-corrected chi connectivity index (χ1v) is 5.90. The number of alkyl halides is 1. The molecule has 0 unspecified atom stereocenters. The third-order valence-electron chi connectivity index (χ3n) is 1.99. The molecule has 2 heterocycles. The molecule has 0 aliphatic rings. The summed E-state index contributed by atoms with van der Waals surface area (Å²) in [7, 11) is 0. The van der Waals surface area contributed by atoms with Crippen molar-refractivity contribution in [2.24, 2.45) is 0 Å². The van der Waals surface area contributed by atoms with E-state index in [1.54, 1.807) is 6.20 Å². The second-order valence-electron chi connectivity index (χ2n) is 3.12. The number of aryl methyl sites for hydroxylation is 1. The van der Waals surface area contributed by atoms with E-state index >= 15 is 0 Å². The summed E-state index contributed by atoms with van der Waals surface area (Å²) in [6.45, 7) is 0.880. The number of pyridine rings is 1. The second kappa shape index (κ2) is 5.02. The molecule has 78 valence electrons. The molecular formula is C10H11BrN4. The van der Waals surface area contributed by atoms with Crippen molar-refractivity contribution in [1.29, 1.82) is 0 Å². The Kier molecular flexibility index (Phi) is 3.45. The molecular weight excluding hydrogens is 256 g/mol. The van der Waals surface area contributed by atoms with E-state index in [-0.39, 0.29) is 0 Å². The van der Waals surface area contributed by atoms with Crippen LogP contribution in [0.4, 0.5) is 0 Å². The van der Waals surface area contributed by atoms with Gasteiger partial charge in [0.1, 0.15) is 5.69 Å². The average Bonchev–Trinajstić information content (AvgIpc) is 2.76. The Labute approximate surface area is 96.5 Å². The Bertz CT molecular complexity index is 412. The molecule has 0 radical (unpaired) electrons. The number of halogens is 1. The van der Waals surface area contributed by atoms with Gasteiger partial charge in [0.25, 0.3) is 0 Å². The molecule has 0 spiro atoms. The molecule has 2 aromatic rings. The van der Waals surface area contributed by atoms with Gasteiger partial charge in [-0.05, 0) is 18.6 Å². The molecule has 2 aromatic heterocycles. The molecule has 0 N–H and O–H groups in total. The Hall–Kier alpha value is -1.23. The van der Waals surface area contributed by atoms with E-state index in [0.717, 1.165) is 29.7 Å². The minimum atomic E-state index is 0.824. The molecule has 15 heavy (non-hydrogen) atoms. The highest BCUT2D eigenvalue weighted by molar-refractivity contribution is 9.09. The van der Waals surface area contributed by atoms with Gasteiger partial charge < -0.3 is 0 Å². The summed E-state index contributed by atoms with van der Waals surface area (Å²) in [6.07, 6.45) is 4.73. The Morgan fingerprint density at radius 1 is 1.27 bits per heavy atom. The van der Waals surface area contributed by atoms with Crippen molar-refractivity contribution in [2.75, 3.05) is 5.33 Å². The SMILES string of the molecule is BrCCCn1cc(-c2ccccn2)nn1. The van der Waals surface area contributed by atoms with Crippen LogP contribution in [0.15, 0.2) is 30.6 Å². The first kappa shape index (κ1) is 10.3. The molecule has 0 aliphatic heterocycles. The molecule has 2 rings (SSSR count). The van der Waals surface area contributed by atoms with Gasteiger partial charge in [0, 0.05) is 18.1 Å². The Morgan fingerprint density at radius 2 is 2.20 bits per heavy atom. The zero-order valence-corrected chi connectivity index (χ0v) is 9.76. The van der Waals surface area contributed by atoms with Crippen molar-refractivity contribution in [2.45, 2.75) is 13.0 Å². The predicted molar refractivity (Wildman–Crippen MR) is 61.7 cm³/mol. The predicted octanol–water partition coefficient (Wildman–Crippen LogP) is 2.13. The van der Waals surface area contributed by atoms with Crippen molar-refractivity contribution in [3.05, 3.63) is 30.6 Å². The summed E-state index contributed by atoms with van der Waals surface area (Å²) in [6, 6.07) is 5.76. The zero-order valence-electron chi connectivity index (χ0n) is 8.17. The minimum Gasteiger partial charge on any atom is -0.254 e. The van der Waals surface area contributed by atoms with Crippen LogP contribution in [0.1, 0.15) is 6.42 Å². The fraction of sp³-hybridized carbons (Fsp3) is 0.300. The van der Waals surface area contributed by atoms with Crippen LogP contribution in [0.5, 0.6) is 0 Å². The fourth-order valence-corrected chi connectivity index (χ4v) is 1.51. The first-order valence-electron chi connectivity index (χ1n) is 4.77. The van der Waals surface area contributed by atoms with Crippen molar-refractivity contribution in [1.82, 2.24) is 20.0 Å². The number of hydrogen-bond donors (Lipinski definition) is 0. The van der Waals surface area contributed by atoms with Crippen LogP contribution in [-0.4, -0.2) is 25.3 Å². The maximum atomic E-state index is 4.22. The van der Waals surface area contributed by atoms with Gasteiger partial charge in [-0.3, -0.25) is 9.67 Å². The third kappa shape index (κ3) is 2.62. The lowest BCUT2D eigenvalue weighted by molar-refractivity contribution is 0.583. The highest BCUT2D eigenvalue weighted by Crippen LogP contribution is 2.11. The molecule has 0 atom stereocenters. The second-order valence-corrected chi connectivity index (χ2v) is 3.92. The summed E-state index contributed by atoms with van der Waals surface area (Å²) < 4.78 is 1.84. The molecule has 0 bridgehead atoms. The van der Waals surface area contributed by atoms with Gasteiger partial charge in [-0.15, -0.1) is 5.10 Å². The molecule has 0 saturated heterocycles. The lowest BCUT2D eigenvalue weighted by atomic mass is 10.3. The van der Waals surface area contributed by atoms with Crippen molar-refractivity contribution in [3.8, 4) is 11.4 Å². The third-order valence-corrected chi connectivity index (χ3v) is 2.55. The van der Waals surface area contributed by atoms with Gasteiger partial charge in [-0.2, -0.15) is 0 Å². The van der Waals surface area contributed by atoms with Crippen LogP contribution in [0.3, 0.4) is 0 Å². The monoisotopic (exact) mass is 266 g/mol. The van der Waals surface area contributed by atoms with Crippen LogP contribution in [0.2, 0.25) is 0 Å². The first-order chi connectivity index (χ1) is 7.40. The van der Waals surface area contributed by atoms with Crippen molar-refractivity contribution >= 4 is 15.9 Å². The van der Waals surface area contributed by atoms with E-state index < -0.39 is 0 Å². The number of aromatic nitrogens is 4. The zero-order chi connectivity index (χ0) is 10.5. The van der Waals surface area contributed by atoms with E-state index in [4.69, 9.17) is 0 Å². The lowest BCUT2D eigenvalue weighted by Crippen LogP contribution is -1.98. The normalized spacial score (nSPS) is 10.5. The number of rotatable bonds is 4. The minimum absolute atomic E-state index is 0.824. The number of nitrogens with zero attached hydrogens (tertiary/aromatic N) is 4. The largest absolute Gasteiger partial charge is 0.254 e.